The Kier molecular flexibility index (Phi) is 7.24. The lowest BCUT2D eigenvalue weighted by molar-refractivity contribution is -0.116. The number of anilines is 1. The van der Waals surface area contributed by atoms with Crippen molar-refractivity contribution in [3.63, 3.8) is 0 Å². The summed E-state index contributed by atoms with van der Waals surface area (Å²) < 4.78 is 15.7. The first-order valence-corrected chi connectivity index (χ1v) is 13.0. The molecular weight excluding hydrogens is 497 g/mol. The number of amides is 1. The maximum atomic E-state index is 13.6. The first-order chi connectivity index (χ1) is 18.3. The Bertz CT molecular complexity index is 1470. The van der Waals surface area contributed by atoms with Crippen molar-refractivity contribution in [3.8, 4) is 5.69 Å². The third-order valence-electron chi connectivity index (χ3n) is 6.95. The van der Waals surface area contributed by atoms with E-state index in [0.29, 0.717) is 11.7 Å². The minimum Gasteiger partial charge on any atom is -0.352 e. The van der Waals surface area contributed by atoms with Crippen molar-refractivity contribution in [2.24, 2.45) is 0 Å². The summed E-state index contributed by atoms with van der Waals surface area (Å²) in [5, 5.41) is 7.03. The van der Waals surface area contributed by atoms with Crippen molar-refractivity contribution in [3.05, 3.63) is 113 Å². The number of nitrogens with one attached hydrogen (secondary N) is 2. The van der Waals surface area contributed by atoms with Crippen LogP contribution < -0.4 is 10.6 Å². The van der Waals surface area contributed by atoms with E-state index in [4.69, 9.17) is 12.2 Å². The normalized spacial score (nSPS) is 16.9. The summed E-state index contributed by atoms with van der Waals surface area (Å²) >= 11 is 5.79. The minimum atomic E-state index is -0.271. The lowest BCUT2D eigenvalue weighted by Gasteiger charge is -2.28. The van der Waals surface area contributed by atoms with Gasteiger partial charge in [-0.15, -0.1) is 0 Å². The highest BCUT2D eigenvalue weighted by molar-refractivity contribution is 7.80. The summed E-state index contributed by atoms with van der Waals surface area (Å²) in [5.41, 5.74) is 6.76. The number of rotatable bonds is 7. The third kappa shape index (κ3) is 5.17. The van der Waals surface area contributed by atoms with Gasteiger partial charge in [0.2, 0.25) is 5.91 Å². The molecule has 0 bridgehead atoms. The van der Waals surface area contributed by atoms with Crippen LogP contribution in [0.1, 0.15) is 46.7 Å². The van der Waals surface area contributed by atoms with Crippen LogP contribution >= 0.6 is 12.2 Å². The molecule has 0 spiro atoms. The average molecular weight is 528 g/mol. The second kappa shape index (κ2) is 10.8. The molecule has 2 aromatic heterocycles. The molecule has 0 saturated carbocycles. The highest BCUT2D eigenvalue weighted by atomic mass is 32.1. The molecule has 1 aliphatic rings. The van der Waals surface area contributed by atoms with E-state index in [1.54, 1.807) is 18.3 Å². The number of carbonyl (C=O) groups is 1. The van der Waals surface area contributed by atoms with E-state index in [1.807, 2.05) is 56.3 Å². The van der Waals surface area contributed by atoms with Crippen molar-refractivity contribution < 1.29 is 9.18 Å². The standard InChI is InChI=1S/C30H30FN5OS/c1-19-7-6-8-23(17-19)33-27(37)14-16-35-29(28(34-30(35)38)26-9-4-5-15-32-26)25-18-20(2)36(21(25)3)24-12-10-22(31)11-13-24/h4-13,15,17-18,28-29H,14,16H2,1-3H3,(H,33,37)(H,34,38). The maximum absolute atomic E-state index is 13.6. The maximum Gasteiger partial charge on any atom is 0.226 e. The molecule has 1 aliphatic heterocycles. The van der Waals surface area contributed by atoms with E-state index in [2.05, 4.69) is 38.1 Å². The third-order valence-corrected chi connectivity index (χ3v) is 7.31. The average Bonchev–Trinajstić information content (AvgIpc) is 3.38. The zero-order chi connectivity index (χ0) is 26.8. The topological polar surface area (TPSA) is 62.2 Å². The molecule has 5 rings (SSSR count). The van der Waals surface area contributed by atoms with Crippen LogP contribution in [0.2, 0.25) is 0 Å². The predicted molar refractivity (Wildman–Crippen MR) is 152 cm³/mol. The van der Waals surface area contributed by atoms with Gasteiger partial charge in [-0.25, -0.2) is 4.39 Å². The molecule has 3 heterocycles. The Morgan fingerprint density at radius 3 is 2.55 bits per heavy atom. The van der Waals surface area contributed by atoms with Crippen LogP contribution in [0.4, 0.5) is 10.1 Å². The number of halogens is 1. The van der Waals surface area contributed by atoms with Gasteiger partial charge in [-0.3, -0.25) is 9.78 Å². The van der Waals surface area contributed by atoms with Crippen molar-refractivity contribution in [1.82, 2.24) is 19.8 Å². The molecule has 0 radical (unpaired) electrons. The SMILES string of the molecule is Cc1cccc(NC(=O)CCN2C(=S)NC(c3ccccn3)C2c2cc(C)n(-c3ccc(F)cc3)c2C)c1. The number of aromatic nitrogens is 2. The first-order valence-electron chi connectivity index (χ1n) is 12.6. The van der Waals surface area contributed by atoms with Crippen LogP contribution in [0.15, 0.2) is 79.0 Å². The van der Waals surface area contributed by atoms with Crippen LogP contribution in [0.25, 0.3) is 5.69 Å². The van der Waals surface area contributed by atoms with Crippen LogP contribution in [0.5, 0.6) is 0 Å². The van der Waals surface area contributed by atoms with Crippen LogP contribution in [0, 0.1) is 26.6 Å². The number of pyridine rings is 1. The summed E-state index contributed by atoms with van der Waals surface area (Å²) in [5.74, 6) is -0.345. The Balaban J connectivity index is 1.46. The van der Waals surface area contributed by atoms with Gasteiger partial charge in [-0.05, 0) is 98.7 Å². The van der Waals surface area contributed by atoms with Crippen LogP contribution in [-0.4, -0.2) is 32.0 Å². The number of hydrogen-bond acceptors (Lipinski definition) is 3. The largest absolute Gasteiger partial charge is 0.352 e. The number of nitrogens with zero attached hydrogens (tertiary/aromatic N) is 3. The lowest BCUT2D eigenvalue weighted by Crippen LogP contribution is -2.32. The summed E-state index contributed by atoms with van der Waals surface area (Å²) in [6.45, 7) is 6.54. The zero-order valence-corrected chi connectivity index (χ0v) is 22.4. The number of thiocarbonyl (C=S) groups is 1. The highest BCUT2D eigenvalue weighted by Crippen LogP contribution is 2.41. The van der Waals surface area contributed by atoms with Gasteiger partial charge in [0.05, 0.1) is 17.8 Å². The van der Waals surface area contributed by atoms with Gasteiger partial charge in [0.15, 0.2) is 5.11 Å². The second-order valence-electron chi connectivity index (χ2n) is 9.63. The molecule has 0 aliphatic carbocycles. The molecule has 6 nitrogen and oxygen atoms in total. The summed E-state index contributed by atoms with van der Waals surface area (Å²) in [6.07, 6.45) is 2.05. The highest BCUT2D eigenvalue weighted by Gasteiger charge is 2.41. The van der Waals surface area contributed by atoms with Gasteiger partial charge in [0.1, 0.15) is 5.82 Å². The molecule has 2 atom stereocenters. The fourth-order valence-corrected chi connectivity index (χ4v) is 5.56. The summed E-state index contributed by atoms with van der Waals surface area (Å²) in [7, 11) is 0. The number of benzene rings is 2. The molecule has 2 N–H and O–H groups in total. The predicted octanol–water partition coefficient (Wildman–Crippen LogP) is 5.94. The number of carbonyl (C=O) groups excluding carboxylic acids is 1. The zero-order valence-electron chi connectivity index (χ0n) is 21.6. The van der Waals surface area contributed by atoms with E-state index in [0.717, 1.165) is 39.6 Å². The number of hydrogen-bond donors (Lipinski definition) is 2. The second-order valence-corrected chi connectivity index (χ2v) is 10.0. The van der Waals surface area contributed by atoms with Crippen molar-refractivity contribution in [2.75, 3.05) is 11.9 Å². The minimum absolute atomic E-state index is 0.0739. The molecular formula is C30H30FN5OS. The van der Waals surface area contributed by atoms with E-state index < -0.39 is 0 Å². The van der Waals surface area contributed by atoms with Crippen LogP contribution in [0.3, 0.4) is 0 Å². The summed E-state index contributed by atoms with van der Waals surface area (Å²) in [4.78, 5) is 19.6. The van der Waals surface area contributed by atoms with E-state index in [-0.39, 0.29) is 30.2 Å². The summed E-state index contributed by atoms with van der Waals surface area (Å²) in [6, 6.07) is 21.9. The molecule has 38 heavy (non-hydrogen) atoms. The van der Waals surface area contributed by atoms with Crippen molar-refractivity contribution in [2.45, 2.75) is 39.3 Å². The quantitative estimate of drug-likeness (QED) is 0.292. The van der Waals surface area contributed by atoms with Crippen LogP contribution in [-0.2, 0) is 4.79 Å². The molecule has 1 fully saturated rings. The first kappa shape index (κ1) is 25.6. The van der Waals surface area contributed by atoms with Gasteiger partial charge in [-0.1, -0.05) is 18.2 Å². The van der Waals surface area contributed by atoms with Crippen molar-refractivity contribution >= 4 is 28.9 Å². The fraction of sp³-hybridized carbons (Fsp3) is 0.233. The van der Waals surface area contributed by atoms with Gasteiger partial charge in [0.25, 0.3) is 0 Å². The Morgan fingerprint density at radius 2 is 1.84 bits per heavy atom. The monoisotopic (exact) mass is 527 g/mol. The smallest absolute Gasteiger partial charge is 0.226 e. The Morgan fingerprint density at radius 1 is 1.05 bits per heavy atom. The van der Waals surface area contributed by atoms with Gasteiger partial charge < -0.3 is 20.1 Å². The molecule has 4 aromatic rings. The van der Waals surface area contributed by atoms with Gasteiger partial charge >= 0.3 is 0 Å². The Labute approximate surface area is 227 Å². The van der Waals surface area contributed by atoms with E-state index in [9.17, 15) is 9.18 Å². The van der Waals surface area contributed by atoms with Gasteiger partial charge in [-0.2, -0.15) is 0 Å². The molecule has 2 aromatic carbocycles. The molecule has 1 saturated heterocycles. The molecule has 1 amide bonds. The number of aryl methyl sites for hydroxylation is 2. The fourth-order valence-electron chi connectivity index (χ4n) is 5.23. The molecule has 194 valence electrons. The molecule has 2 unspecified atom stereocenters. The van der Waals surface area contributed by atoms with E-state index >= 15 is 0 Å². The van der Waals surface area contributed by atoms with Gasteiger partial charge in [0, 0.05) is 41.9 Å². The lowest BCUT2D eigenvalue weighted by atomic mass is 9.96. The Hall–Kier alpha value is -4.04. The van der Waals surface area contributed by atoms with Crippen molar-refractivity contribution in [1.29, 1.82) is 0 Å². The molecule has 8 heteroatoms. The van der Waals surface area contributed by atoms with E-state index in [1.165, 1.54) is 12.1 Å².